The molecule has 0 bridgehead atoms. The molecule has 0 spiro atoms. The van der Waals surface area contributed by atoms with E-state index < -0.39 is 11.9 Å². The first-order chi connectivity index (χ1) is 22.4. The van der Waals surface area contributed by atoms with Crippen molar-refractivity contribution in [3.05, 3.63) is 71.8 Å². The van der Waals surface area contributed by atoms with Crippen LogP contribution in [-0.4, -0.2) is 156 Å². The van der Waals surface area contributed by atoms with Gasteiger partial charge in [0.25, 0.3) is 0 Å². The van der Waals surface area contributed by atoms with Gasteiger partial charge in [0.05, 0.1) is 64.8 Å². The summed E-state index contributed by atoms with van der Waals surface area (Å²) in [6.07, 6.45) is 0. The highest BCUT2D eigenvalue weighted by Crippen LogP contribution is 2.11. The molecule has 256 valence electrons. The van der Waals surface area contributed by atoms with Crippen LogP contribution in [0.2, 0.25) is 0 Å². The second kappa shape index (κ2) is 21.7. The van der Waals surface area contributed by atoms with Gasteiger partial charge in [-0.2, -0.15) is 0 Å². The highest BCUT2D eigenvalue weighted by atomic mass is 17.1. The lowest BCUT2D eigenvalue weighted by molar-refractivity contribution is -0.256. The Morgan fingerprint density at radius 2 is 0.913 bits per heavy atom. The van der Waals surface area contributed by atoms with Crippen molar-refractivity contribution in [2.24, 2.45) is 0 Å². The standard InChI is InChI=1S/C32H48N4O10/c37-31(38)19-33-11-12-34(20-32(39)40)14-16-36(30(26-46-42)24-44-22-28-9-5-2-6-10-28)18-17-35(15-13-33)29(25-45-41)23-43-21-27-7-3-1-4-8-27/h1-10,29-30,41-42H,11-26H2,(H,37,38)(H,39,40). The van der Waals surface area contributed by atoms with Crippen molar-refractivity contribution in [1.82, 2.24) is 19.6 Å². The molecule has 1 saturated heterocycles. The summed E-state index contributed by atoms with van der Waals surface area (Å²) < 4.78 is 12.0. The Morgan fingerprint density at radius 3 is 1.26 bits per heavy atom. The van der Waals surface area contributed by atoms with E-state index in [0.717, 1.165) is 11.1 Å². The fraction of sp³-hybridized carbons (Fsp3) is 0.562. The molecule has 2 aromatic rings. The number of rotatable bonds is 18. The molecule has 46 heavy (non-hydrogen) atoms. The predicted octanol–water partition coefficient (Wildman–Crippen LogP) is 1.53. The van der Waals surface area contributed by atoms with E-state index >= 15 is 0 Å². The van der Waals surface area contributed by atoms with Gasteiger partial charge in [-0.25, -0.2) is 9.78 Å². The summed E-state index contributed by atoms with van der Waals surface area (Å²) in [4.78, 5) is 40.3. The molecule has 2 unspecified atom stereocenters. The summed E-state index contributed by atoms with van der Waals surface area (Å²) >= 11 is 0. The highest BCUT2D eigenvalue weighted by Gasteiger charge is 2.27. The minimum Gasteiger partial charge on any atom is -0.480 e. The van der Waals surface area contributed by atoms with E-state index in [1.54, 1.807) is 9.80 Å². The molecule has 1 fully saturated rings. The van der Waals surface area contributed by atoms with Crippen LogP contribution >= 0.6 is 0 Å². The molecule has 1 aliphatic rings. The van der Waals surface area contributed by atoms with E-state index in [4.69, 9.17) is 9.47 Å². The zero-order chi connectivity index (χ0) is 33.0. The molecule has 2 aromatic carbocycles. The number of carboxylic acids is 2. The third kappa shape index (κ3) is 14.6. The van der Waals surface area contributed by atoms with Crippen LogP contribution in [0.4, 0.5) is 0 Å². The zero-order valence-corrected chi connectivity index (χ0v) is 26.3. The average Bonchev–Trinajstić information content (AvgIpc) is 3.03. The Bertz CT molecular complexity index is 1030. The van der Waals surface area contributed by atoms with Crippen LogP contribution in [0.3, 0.4) is 0 Å². The second-order valence-corrected chi connectivity index (χ2v) is 11.3. The molecule has 2 atom stereocenters. The van der Waals surface area contributed by atoms with Crippen molar-refractivity contribution in [3.8, 4) is 0 Å². The molecule has 4 N–H and O–H groups in total. The maximum Gasteiger partial charge on any atom is 0.317 e. The number of aliphatic carboxylic acids is 2. The lowest BCUT2D eigenvalue weighted by atomic mass is 10.2. The number of hydrogen-bond donors (Lipinski definition) is 4. The van der Waals surface area contributed by atoms with Crippen LogP contribution in [0.1, 0.15) is 11.1 Å². The normalized spacial score (nSPS) is 18.0. The smallest absolute Gasteiger partial charge is 0.317 e. The van der Waals surface area contributed by atoms with Gasteiger partial charge in [0.2, 0.25) is 0 Å². The van der Waals surface area contributed by atoms with Gasteiger partial charge in [0.15, 0.2) is 0 Å². The molecule has 0 radical (unpaired) electrons. The van der Waals surface area contributed by atoms with E-state index in [9.17, 15) is 30.3 Å². The van der Waals surface area contributed by atoms with Gasteiger partial charge in [0.1, 0.15) is 0 Å². The quantitative estimate of drug-likeness (QED) is 0.136. The van der Waals surface area contributed by atoms with Crippen molar-refractivity contribution >= 4 is 11.9 Å². The third-order valence-electron chi connectivity index (χ3n) is 7.94. The van der Waals surface area contributed by atoms with E-state index in [-0.39, 0.29) is 51.6 Å². The minimum absolute atomic E-state index is 0.0243. The number of nitrogens with zero attached hydrogens (tertiary/aromatic N) is 4. The number of carboxylic acid groups (broad SMARTS) is 2. The monoisotopic (exact) mass is 648 g/mol. The minimum atomic E-state index is -0.974. The lowest BCUT2D eigenvalue weighted by Crippen LogP contribution is -2.54. The number of benzene rings is 2. The SMILES string of the molecule is O=C(O)CN1CCN(CC(=O)O)CCN(C(COO)COCc2ccccc2)CCN(C(COO)COCc2ccccc2)CC1. The summed E-state index contributed by atoms with van der Waals surface area (Å²) in [6, 6.07) is 18.7. The Hall–Kier alpha value is -3.02. The molecule has 14 heteroatoms. The molecule has 0 saturated carbocycles. The van der Waals surface area contributed by atoms with Gasteiger partial charge < -0.3 is 19.7 Å². The van der Waals surface area contributed by atoms with E-state index in [2.05, 4.69) is 19.6 Å². The Labute approximate surface area is 270 Å². The third-order valence-corrected chi connectivity index (χ3v) is 7.94. The van der Waals surface area contributed by atoms with Crippen LogP contribution in [0, 0.1) is 0 Å². The van der Waals surface area contributed by atoms with Crippen molar-refractivity contribution in [2.45, 2.75) is 25.3 Å². The summed E-state index contributed by atoms with van der Waals surface area (Å²) in [5, 5.41) is 38.0. The van der Waals surface area contributed by atoms with Gasteiger partial charge in [-0.05, 0) is 11.1 Å². The molecule has 3 rings (SSSR count). The molecule has 0 aliphatic carbocycles. The average molecular weight is 649 g/mol. The van der Waals surface area contributed by atoms with E-state index in [0.29, 0.717) is 65.6 Å². The Kier molecular flexibility index (Phi) is 17.7. The fourth-order valence-electron chi connectivity index (χ4n) is 5.42. The predicted molar refractivity (Wildman–Crippen MR) is 168 cm³/mol. The molecule has 0 aromatic heterocycles. The zero-order valence-electron chi connectivity index (χ0n) is 26.3. The van der Waals surface area contributed by atoms with Crippen molar-refractivity contribution in [3.63, 3.8) is 0 Å². The van der Waals surface area contributed by atoms with Crippen molar-refractivity contribution in [2.75, 3.05) is 91.9 Å². The van der Waals surface area contributed by atoms with Gasteiger partial charge in [-0.15, -0.1) is 0 Å². The maximum atomic E-state index is 11.7. The number of hydrogen-bond acceptors (Lipinski definition) is 12. The fourth-order valence-corrected chi connectivity index (χ4v) is 5.42. The van der Waals surface area contributed by atoms with Crippen molar-refractivity contribution < 1.29 is 49.6 Å². The van der Waals surface area contributed by atoms with Gasteiger partial charge in [0, 0.05) is 52.4 Å². The van der Waals surface area contributed by atoms with Gasteiger partial charge >= 0.3 is 11.9 Å². The molecule has 1 aliphatic heterocycles. The topological polar surface area (TPSA) is 165 Å². The summed E-state index contributed by atoms with van der Waals surface area (Å²) in [6.45, 7) is 4.13. The van der Waals surface area contributed by atoms with Crippen LogP contribution in [0.25, 0.3) is 0 Å². The van der Waals surface area contributed by atoms with Gasteiger partial charge in [-0.3, -0.25) is 39.7 Å². The number of ether oxygens (including phenoxy) is 2. The van der Waals surface area contributed by atoms with Crippen LogP contribution in [0.15, 0.2) is 60.7 Å². The maximum absolute atomic E-state index is 11.7. The first-order valence-electron chi connectivity index (χ1n) is 15.5. The van der Waals surface area contributed by atoms with E-state index in [1.165, 1.54) is 0 Å². The molecule has 14 nitrogen and oxygen atoms in total. The molecular formula is C32H48N4O10. The molecule has 1 heterocycles. The Morgan fingerprint density at radius 1 is 0.565 bits per heavy atom. The van der Waals surface area contributed by atoms with Crippen LogP contribution in [0.5, 0.6) is 0 Å². The first kappa shape index (κ1) is 37.4. The number of carbonyl (C=O) groups is 2. The molecular weight excluding hydrogens is 600 g/mol. The largest absolute Gasteiger partial charge is 0.480 e. The summed E-state index contributed by atoms with van der Waals surface area (Å²) in [5.74, 6) is -1.95. The van der Waals surface area contributed by atoms with Gasteiger partial charge in [-0.1, -0.05) is 60.7 Å². The second-order valence-electron chi connectivity index (χ2n) is 11.3. The lowest BCUT2D eigenvalue weighted by Gasteiger charge is -2.38. The summed E-state index contributed by atoms with van der Waals surface area (Å²) in [5.41, 5.74) is 2.01. The van der Waals surface area contributed by atoms with E-state index in [1.807, 2.05) is 60.7 Å². The molecule has 0 amide bonds. The summed E-state index contributed by atoms with van der Waals surface area (Å²) in [7, 11) is 0. The van der Waals surface area contributed by atoms with Crippen LogP contribution in [-0.2, 0) is 42.1 Å². The highest BCUT2D eigenvalue weighted by molar-refractivity contribution is 5.69. The first-order valence-corrected chi connectivity index (χ1v) is 15.5. The van der Waals surface area contributed by atoms with Crippen molar-refractivity contribution in [1.29, 1.82) is 0 Å². The van der Waals surface area contributed by atoms with Crippen LogP contribution < -0.4 is 0 Å². The Balaban J connectivity index is 1.79.